The SMILES string of the molecule is CCCCCCCCOc1ccc(O)c(OCCCCCCCC)c1O. The summed E-state index contributed by atoms with van der Waals surface area (Å²) in [5.41, 5.74) is 0. The van der Waals surface area contributed by atoms with Crippen LogP contribution in [0.15, 0.2) is 12.1 Å². The molecule has 0 spiro atoms. The molecular formula is C22H38O4. The zero-order chi connectivity index (χ0) is 19.0. The van der Waals surface area contributed by atoms with Crippen LogP contribution in [-0.4, -0.2) is 23.4 Å². The first kappa shape index (κ1) is 22.5. The van der Waals surface area contributed by atoms with Gasteiger partial charge in [0.25, 0.3) is 0 Å². The number of unbranched alkanes of at least 4 members (excludes halogenated alkanes) is 10. The summed E-state index contributed by atoms with van der Waals surface area (Å²) in [4.78, 5) is 0. The molecule has 0 radical (unpaired) electrons. The number of phenolic OH excluding ortho intramolecular Hbond substituents is 2. The second-order valence-electron chi connectivity index (χ2n) is 6.99. The van der Waals surface area contributed by atoms with E-state index in [2.05, 4.69) is 13.8 Å². The lowest BCUT2D eigenvalue weighted by molar-refractivity contribution is 0.255. The van der Waals surface area contributed by atoms with Gasteiger partial charge < -0.3 is 19.7 Å². The lowest BCUT2D eigenvalue weighted by atomic mass is 10.1. The fourth-order valence-electron chi connectivity index (χ4n) is 2.92. The van der Waals surface area contributed by atoms with E-state index in [9.17, 15) is 10.2 Å². The number of phenols is 2. The molecule has 0 aliphatic carbocycles. The summed E-state index contributed by atoms with van der Waals surface area (Å²) in [5, 5.41) is 20.2. The number of aromatic hydroxyl groups is 2. The van der Waals surface area contributed by atoms with Gasteiger partial charge in [0.05, 0.1) is 13.2 Å². The highest BCUT2D eigenvalue weighted by atomic mass is 16.5. The van der Waals surface area contributed by atoms with Crippen LogP contribution in [0.1, 0.15) is 90.9 Å². The minimum atomic E-state index is -0.0954. The Bertz CT molecular complexity index is 473. The van der Waals surface area contributed by atoms with E-state index in [1.54, 1.807) is 6.07 Å². The molecule has 0 aliphatic rings. The number of ether oxygens (including phenoxy) is 2. The van der Waals surface area contributed by atoms with Crippen molar-refractivity contribution in [1.82, 2.24) is 0 Å². The molecule has 1 aromatic rings. The molecule has 0 unspecified atom stereocenters. The van der Waals surface area contributed by atoms with Crippen molar-refractivity contribution in [3.8, 4) is 23.0 Å². The van der Waals surface area contributed by atoms with E-state index in [0.29, 0.717) is 19.0 Å². The second-order valence-corrected chi connectivity index (χ2v) is 6.99. The van der Waals surface area contributed by atoms with Crippen molar-refractivity contribution in [1.29, 1.82) is 0 Å². The average Bonchev–Trinajstić information content (AvgIpc) is 2.64. The van der Waals surface area contributed by atoms with Gasteiger partial charge in [0.15, 0.2) is 11.5 Å². The van der Waals surface area contributed by atoms with Gasteiger partial charge in [-0.25, -0.2) is 0 Å². The highest BCUT2D eigenvalue weighted by Crippen LogP contribution is 2.42. The monoisotopic (exact) mass is 366 g/mol. The highest BCUT2D eigenvalue weighted by molar-refractivity contribution is 5.57. The lowest BCUT2D eigenvalue weighted by Gasteiger charge is -2.14. The summed E-state index contributed by atoms with van der Waals surface area (Å²) in [5.74, 6) is 0.385. The third-order valence-electron chi connectivity index (χ3n) is 4.57. The van der Waals surface area contributed by atoms with Gasteiger partial charge in [-0.15, -0.1) is 0 Å². The predicted octanol–water partition coefficient (Wildman–Crippen LogP) is 6.58. The van der Waals surface area contributed by atoms with Crippen molar-refractivity contribution in [3.05, 3.63) is 12.1 Å². The molecule has 4 heteroatoms. The van der Waals surface area contributed by atoms with E-state index in [0.717, 1.165) is 25.7 Å². The van der Waals surface area contributed by atoms with Crippen molar-refractivity contribution in [2.75, 3.05) is 13.2 Å². The van der Waals surface area contributed by atoms with E-state index < -0.39 is 0 Å². The average molecular weight is 367 g/mol. The number of benzene rings is 1. The molecule has 0 atom stereocenters. The third kappa shape index (κ3) is 9.21. The maximum absolute atomic E-state index is 10.3. The van der Waals surface area contributed by atoms with Gasteiger partial charge in [0.2, 0.25) is 11.5 Å². The van der Waals surface area contributed by atoms with Crippen molar-refractivity contribution in [3.63, 3.8) is 0 Å². The second kappa shape index (κ2) is 14.6. The summed E-state index contributed by atoms with van der Waals surface area (Å²) < 4.78 is 11.3. The topological polar surface area (TPSA) is 58.9 Å². The van der Waals surface area contributed by atoms with Crippen molar-refractivity contribution in [2.24, 2.45) is 0 Å². The molecule has 4 nitrogen and oxygen atoms in total. The molecule has 2 N–H and O–H groups in total. The molecule has 0 fully saturated rings. The van der Waals surface area contributed by atoms with E-state index in [4.69, 9.17) is 9.47 Å². The number of hydrogen-bond acceptors (Lipinski definition) is 4. The molecule has 0 heterocycles. The largest absolute Gasteiger partial charge is 0.504 e. The van der Waals surface area contributed by atoms with Crippen LogP contribution in [0.3, 0.4) is 0 Å². The van der Waals surface area contributed by atoms with Gasteiger partial charge in [-0.1, -0.05) is 78.1 Å². The van der Waals surface area contributed by atoms with Gasteiger partial charge >= 0.3 is 0 Å². The molecule has 26 heavy (non-hydrogen) atoms. The van der Waals surface area contributed by atoms with Crippen LogP contribution in [0, 0.1) is 0 Å². The number of hydrogen-bond donors (Lipinski definition) is 2. The van der Waals surface area contributed by atoms with Gasteiger partial charge in [-0.2, -0.15) is 0 Å². The summed E-state index contributed by atoms with van der Waals surface area (Å²) in [6, 6.07) is 3.12. The minimum Gasteiger partial charge on any atom is -0.504 e. The first-order valence-corrected chi connectivity index (χ1v) is 10.5. The fraction of sp³-hybridized carbons (Fsp3) is 0.727. The molecule has 0 aliphatic heterocycles. The highest BCUT2D eigenvalue weighted by Gasteiger charge is 2.14. The Morgan fingerprint density at radius 1 is 0.654 bits per heavy atom. The van der Waals surface area contributed by atoms with Crippen LogP contribution in [0.2, 0.25) is 0 Å². The summed E-state index contributed by atoms with van der Waals surface area (Å²) >= 11 is 0. The van der Waals surface area contributed by atoms with Gasteiger partial charge in [-0.3, -0.25) is 0 Å². The number of rotatable bonds is 16. The smallest absolute Gasteiger partial charge is 0.207 e. The van der Waals surface area contributed by atoms with Crippen LogP contribution in [-0.2, 0) is 0 Å². The molecule has 0 saturated heterocycles. The zero-order valence-corrected chi connectivity index (χ0v) is 16.8. The molecule has 1 aromatic carbocycles. The fourth-order valence-corrected chi connectivity index (χ4v) is 2.92. The summed E-state index contributed by atoms with van der Waals surface area (Å²) in [7, 11) is 0. The first-order valence-electron chi connectivity index (χ1n) is 10.5. The molecular weight excluding hydrogens is 328 g/mol. The maximum atomic E-state index is 10.3. The van der Waals surface area contributed by atoms with E-state index in [1.165, 1.54) is 57.4 Å². The molecule has 0 bridgehead atoms. The molecule has 1 rings (SSSR count). The van der Waals surface area contributed by atoms with Gasteiger partial charge in [0, 0.05) is 0 Å². The molecule has 0 amide bonds. The predicted molar refractivity (Wildman–Crippen MR) is 108 cm³/mol. The third-order valence-corrected chi connectivity index (χ3v) is 4.57. The van der Waals surface area contributed by atoms with Gasteiger partial charge in [0.1, 0.15) is 0 Å². The lowest BCUT2D eigenvalue weighted by Crippen LogP contribution is -2.01. The Hall–Kier alpha value is -1.58. The zero-order valence-electron chi connectivity index (χ0n) is 16.8. The first-order chi connectivity index (χ1) is 12.7. The quantitative estimate of drug-likeness (QED) is 0.325. The van der Waals surface area contributed by atoms with Crippen LogP contribution >= 0.6 is 0 Å². The van der Waals surface area contributed by atoms with Crippen molar-refractivity contribution in [2.45, 2.75) is 90.9 Å². The Morgan fingerprint density at radius 2 is 1.15 bits per heavy atom. The summed E-state index contributed by atoms with van der Waals surface area (Å²) in [6.45, 7) is 5.48. The van der Waals surface area contributed by atoms with Gasteiger partial charge in [-0.05, 0) is 25.0 Å². The van der Waals surface area contributed by atoms with Crippen molar-refractivity contribution < 1.29 is 19.7 Å². The minimum absolute atomic E-state index is 0.0413. The van der Waals surface area contributed by atoms with Crippen molar-refractivity contribution >= 4 is 0 Å². The van der Waals surface area contributed by atoms with Crippen LogP contribution in [0.5, 0.6) is 23.0 Å². The van der Waals surface area contributed by atoms with Crippen LogP contribution in [0.25, 0.3) is 0 Å². The Labute approximate surface area is 159 Å². The molecule has 0 aromatic heterocycles. The molecule has 150 valence electrons. The van der Waals surface area contributed by atoms with Crippen LogP contribution < -0.4 is 9.47 Å². The standard InChI is InChI=1S/C22H38O4/c1-3-5-7-9-11-13-17-25-20-16-15-19(23)22(21(20)24)26-18-14-12-10-8-6-4-2/h15-16,23-24H,3-14,17-18H2,1-2H3. The summed E-state index contributed by atoms with van der Waals surface area (Å²) in [6.07, 6.45) is 14.2. The van der Waals surface area contributed by atoms with E-state index >= 15 is 0 Å². The Kier molecular flexibility index (Phi) is 12.6. The Morgan fingerprint density at radius 3 is 1.73 bits per heavy atom. The maximum Gasteiger partial charge on any atom is 0.207 e. The van der Waals surface area contributed by atoms with E-state index in [-0.39, 0.29) is 17.2 Å². The normalized spacial score (nSPS) is 10.8. The van der Waals surface area contributed by atoms with Crippen LogP contribution in [0.4, 0.5) is 0 Å². The Balaban J connectivity index is 2.32. The molecule has 0 saturated carbocycles. The van der Waals surface area contributed by atoms with E-state index in [1.807, 2.05) is 0 Å².